The van der Waals surface area contributed by atoms with Crippen molar-refractivity contribution < 1.29 is 13.9 Å². The molecule has 1 aliphatic rings. The maximum absolute atomic E-state index is 13.0. The minimum absolute atomic E-state index is 0.0433. The largest absolute Gasteiger partial charge is 0.384 e. The van der Waals surface area contributed by atoms with Crippen molar-refractivity contribution in [2.24, 2.45) is 0 Å². The van der Waals surface area contributed by atoms with Crippen LogP contribution >= 0.6 is 0 Å². The molecule has 0 saturated carbocycles. The number of imidazole rings is 1. The molecule has 1 aromatic carbocycles. The molecule has 0 saturated heterocycles. The van der Waals surface area contributed by atoms with Gasteiger partial charge in [0.05, 0.1) is 19.1 Å². The van der Waals surface area contributed by atoms with Crippen LogP contribution in [0.5, 0.6) is 0 Å². The Morgan fingerprint density at radius 3 is 2.79 bits per heavy atom. The first-order valence-electron chi connectivity index (χ1n) is 8.17. The van der Waals surface area contributed by atoms with Crippen LogP contribution in [0.2, 0.25) is 0 Å². The van der Waals surface area contributed by atoms with Gasteiger partial charge in [0.1, 0.15) is 11.6 Å². The third kappa shape index (κ3) is 3.33. The third-order valence-corrected chi connectivity index (χ3v) is 4.53. The van der Waals surface area contributed by atoms with E-state index in [2.05, 4.69) is 9.55 Å². The van der Waals surface area contributed by atoms with E-state index < -0.39 is 0 Å². The first-order valence-corrected chi connectivity index (χ1v) is 8.17. The molecule has 1 aliphatic heterocycles. The second-order valence-electron chi connectivity index (χ2n) is 6.07. The molecule has 0 aliphatic carbocycles. The highest BCUT2D eigenvalue weighted by Gasteiger charge is 2.30. The molecule has 0 bridgehead atoms. The number of hydrogen-bond acceptors (Lipinski definition) is 3. The predicted molar refractivity (Wildman–Crippen MR) is 88.0 cm³/mol. The van der Waals surface area contributed by atoms with E-state index in [4.69, 9.17) is 4.74 Å². The van der Waals surface area contributed by atoms with Crippen LogP contribution in [0.3, 0.4) is 0 Å². The average molecular weight is 331 g/mol. The quantitative estimate of drug-likeness (QED) is 0.845. The molecular formula is C18H22FN3O2. The number of carbonyl (C=O) groups excluding carboxylic acids is 1. The second-order valence-corrected chi connectivity index (χ2v) is 6.07. The van der Waals surface area contributed by atoms with E-state index in [0.29, 0.717) is 13.2 Å². The van der Waals surface area contributed by atoms with Gasteiger partial charge in [0.25, 0.3) is 0 Å². The van der Waals surface area contributed by atoms with Crippen molar-refractivity contribution in [2.75, 3.05) is 20.3 Å². The molecule has 2 heterocycles. The van der Waals surface area contributed by atoms with Gasteiger partial charge >= 0.3 is 0 Å². The van der Waals surface area contributed by atoms with E-state index in [1.54, 1.807) is 19.2 Å². The molecule has 1 amide bonds. The highest BCUT2D eigenvalue weighted by atomic mass is 19.1. The lowest BCUT2D eigenvalue weighted by molar-refractivity contribution is -0.133. The fraction of sp³-hybridized carbons (Fsp3) is 0.444. The Bertz CT molecular complexity index is 712. The summed E-state index contributed by atoms with van der Waals surface area (Å²) < 4.78 is 20.3. The van der Waals surface area contributed by atoms with Gasteiger partial charge in [0.15, 0.2) is 0 Å². The number of ether oxygens (including phenoxy) is 1. The van der Waals surface area contributed by atoms with E-state index in [9.17, 15) is 9.18 Å². The van der Waals surface area contributed by atoms with Crippen molar-refractivity contribution in [2.45, 2.75) is 32.4 Å². The molecule has 1 aromatic heterocycles. The zero-order chi connectivity index (χ0) is 17.1. The average Bonchev–Trinajstić information content (AvgIpc) is 2.99. The van der Waals surface area contributed by atoms with Gasteiger partial charge in [-0.15, -0.1) is 0 Å². The SMILES string of the molecule is COCCc1cnc2n1CCN(C(=O)Cc1ccc(F)cc1)[C@@H]2C. The van der Waals surface area contributed by atoms with Crippen molar-refractivity contribution in [3.63, 3.8) is 0 Å². The molecule has 0 N–H and O–H groups in total. The van der Waals surface area contributed by atoms with Crippen LogP contribution in [-0.4, -0.2) is 40.6 Å². The Morgan fingerprint density at radius 2 is 2.08 bits per heavy atom. The molecule has 2 aromatic rings. The molecule has 1 atom stereocenters. The van der Waals surface area contributed by atoms with Crippen LogP contribution in [0.25, 0.3) is 0 Å². The molecule has 0 unspecified atom stereocenters. The van der Waals surface area contributed by atoms with Crippen molar-refractivity contribution in [1.29, 1.82) is 0 Å². The summed E-state index contributed by atoms with van der Waals surface area (Å²) >= 11 is 0. The lowest BCUT2D eigenvalue weighted by atomic mass is 10.1. The van der Waals surface area contributed by atoms with E-state index in [1.807, 2.05) is 18.0 Å². The topological polar surface area (TPSA) is 47.4 Å². The molecule has 128 valence electrons. The molecule has 0 spiro atoms. The van der Waals surface area contributed by atoms with Crippen LogP contribution in [0.1, 0.15) is 30.0 Å². The molecule has 0 radical (unpaired) electrons. The van der Waals surface area contributed by atoms with E-state index in [0.717, 1.165) is 30.0 Å². The highest BCUT2D eigenvalue weighted by Crippen LogP contribution is 2.26. The number of fused-ring (bicyclic) bond motifs is 1. The Balaban J connectivity index is 1.71. The van der Waals surface area contributed by atoms with E-state index in [1.165, 1.54) is 12.1 Å². The summed E-state index contributed by atoms with van der Waals surface area (Å²) in [6, 6.07) is 6.02. The summed E-state index contributed by atoms with van der Waals surface area (Å²) in [4.78, 5) is 19.0. The van der Waals surface area contributed by atoms with Crippen molar-refractivity contribution in [3.05, 3.63) is 53.4 Å². The minimum Gasteiger partial charge on any atom is -0.384 e. The van der Waals surface area contributed by atoms with Crippen molar-refractivity contribution in [1.82, 2.24) is 14.5 Å². The lowest BCUT2D eigenvalue weighted by Crippen LogP contribution is -2.42. The first-order chi connectivity index (χ1) is 11.6. The fourth-order valence-corrected chi connectivity index (χ4v) is 3.18. The number of rotatable bonds is 5. The van der Waals surface area contributed by atoms with Gasteiger partial charge in [-0.1, -0.05) is 12.1 Å². The van der Waals surface area contributed by atoms with Gasteiger partial charge in [-0.05, 0) is 24.6 Å². The summed E-state index contributed by atoms with van der Waals surface area (Å²) in [5.74, 6) is 0.671. The van der Waals surface area contributed by atoms with Gasteiger partial charge in [-0.3, -0.25) is 4.79 Å². The number of carbonyl (C=O) groups is 1. The summed E-state index contributed by atoms with van der Waals surface area (Å²) in [6.45, 7) is 4.06. The van der Waals surface area contributed by atoms with Gasteiger partial charge in [0.2, 0.25) is 5.91 Å². The third-order valence-electron chi connectivity index (χ3n) is 4.53. The number of methoxy groups -OCH3 is 1. The predicted octanol–water partition coefficient (Wildman–Crippen LogP) is 2.36. The van der Waals surface area contributed by atoms with Gasteiger partial charge < -0.3 is 14.2 Å². The standard InChI is InChI=1S/C18H22FN3O2/c1-13-18-20-12-16(7-10-24-2)22(18)9-8-21(13)17(23)11-14-3-5-15(19)6-4-14/h3-6,12-13H,7-11H2,1-2H3/t13-/m1/s1. The molecule has 24 heavy (non-hydrogen) atoms. The Kier molecular flexibility index (Phi) is 4.94. The molecule has 6 heteroatoms. The van der Waals surface area contributed by atoms with Crippen molar-refractivity contribution in [3.8, 4) is 0 Å². The normalized spacial score (nSPS) is 17.0. The summed E-state index contributed by atoms with van der Waals surface area (Å²) in [5, 5.41) is 0. The second kappa shape index (κ2) is 7.13. The van der Waals surface area contributed by atoms with Crippen molar-refractivity contribution >= 4 is 5.91 Å². The molecule has 5 nitrogen and oxygen atoms in total. The van der Waals surface area contributed by atoms with Gasteiger partial charge in [-0.2, -0.15) is 0 Å². The van der Waals surface area contributed by atoms with Crippen LogP contribution in [0, 0.1) is 5.82 Å². The van der Waals surface area contributed by atoms with E-state index >= 15 is 0 Å². The highest BCUT2D eigenvalue weighted by molar-refractivity contribution is 5.79. The maximum atomic E-state index is 13.0. The Morgan fingerprint density at radius 1 is 1.33 bits per heavy atom. The number of aromatic nitrogens is 2. The zero-order valence-corrected chi connectivity index (χ0v) is 14.0. The van der Waals surface area contributed by atoms with Crippen LogP contribution < -0.4 is 0 Å². The fourth-order valence-electron chi connectivity index (χ4n) is 3.18. The van der Waals surface area contributed by atoms with Crippen LogP contribution in [-0.2, 0) is 28.9 Å². The monoisotopic (exact) mass is 331 g/mol. The number of hydrogen-bond donors (Lipinski definition) is 0. The minimum atomic E-state index is -0.289. The number of benzene rings is 1. The Labute approximate surface area is 141 Å². The Hall–Kier alpha value is -2.21. The first kappa shape index (κ1) is 16.6. The lowest BCUT2D eigenvalue weighted by Gasteiger charge is -2.34. The van der Waals surface area contributed by atoms with Gasteiger partial charge in [0, 0.05) is 38.5 Å². The molecular weight excluding hydrogens is 309 g/mol. The number of amides is 1. The molecule has 0 fully saturated rings. The summed E-state index contributed by atoms with van der Waals surface area (Å²) in [6.07, 6.45) is 2.97. The van der Waals surface area contributed by atoms with Crippen LogP contribution in [0.4, 0.5) is 4.39 Å². The van der Waals surface area contributed by atoms with E-state index in [-0.39, 0.29) is 24.2 Å². The number of halogens is 1. The zero-order valence-electron chi connectivity index (χ0n) is 14.0. The van der Waals surface area contributed by atoms with Gasteiger partial charge in [-0.25, -0.2) is 9.37 Å². The number of nitrogens with zero attached hydrogens (tertiary/aromatic N) is 3. The molecule has 3 rings (SSSR count). The van der Waals surface area contributed by atoms with Crippen LogP contribution in [0.15, 0.2) is 30.5 Å². The smallest absolute Gasteiger partial charge is 0.227 e. The summed E-state index contributed by atoms with van der Waals surface area (Å²) in [5.41, 5.74) is 1.97. The maximum Gasteiger partial charge on any atom is 0.227 e. The summed E-state index contributed by atoms with van der Waals surface area (Å²) in [7, 11) is 1.69.